The highest BCUT2D eigenvalue weighted by molar-refractivity contribution is 5.91. The van der Waals surface area contributed by atoms with E-state index in [4.69, 9.17) is 23.8 Å². The van der Waals surface area contributed by atoms with E-state index >= 15 is 0 Å². The molecule has 0 aromatic carbocycles. The van der Waals surface area contributed by atoms with E-state index in [2.05, 4.69) is 5.16 Å². The van der Waals surface area contributed by atoms with Gasteiger partial charge in [-0.15, -0.1) is 0 Å². The molecular weight excluding hydrogens is 354 g/mol. The van der Waals surface area contributed by atoms with Gasteiger partial charge in [0.1, 0.15) is 36.6 Å². The maximum atomic E-state index is 10.3. The lowest BCUT2D eigenvalue weighted by molar-refractivity contribution is -0.355. The molecule has 11 nitrogen and oxygen atoms in total. The van der Waals surface area contributed by atoms with Crippen LogP contribution in [-0.2, 0) is 23.8 Å². The molecule has 0 unspecified atom stereocenters. The zero-order valence-corrected chi connectivity index (χ0v) is 14.3. The van der Waals surface area contributed by atoms with Crippen LogP contribution in [0.1, 0.15) is 20.3 Å². The van der Waals surface area contributed by atoms with Crippen LogP contribution in [0.2, 0.25) is 0 Å². The van der Waals surface area contributed by atoms with Gasteiger partial charge in [0.15, 0.2) is 18.2 Å². The van der Waals surface area contributed by atoms with Crippen LogP contribution in [0.25, 0.3) is 0 Å². The van der Waals surface area contributed by atoms with Crippen molar-refractivity contribution in [3.05, 3.63) is 0 Å². The van der Waals surface area contributed by atoms with E-state index in [1.54, 1.807) is 13.8 Å². The van der Waals surface area contributed by atoms with E-state index in [1.807, 2.05) is 0 Å². The van der Waals surface area contributed by atoms with Crippen molar-refractivity contribution in [3.63, 3.8) is 0 Å². The van der Waals surface area contributed by atoms with Gasteiger partial charge in [-0.2, -0.15) is 0 Å². The molecule has 0 saturated carbocycles. The Morgan fingerprint density at radius 2 is 1.73 bits per heavy atom. The topological polar surface area (TPSA) is 160 Å². The van der Waals surface area contributed by atoms with E-state index in [1.165, 1.54) is 0 Å². The second kappa shape index (κ2) is 6.06. The van der Waals surface area contributed by atoms with Crippen LogP contribution in [0.5, 0.6) is 0 Å². The number of oxime groups is 1. The van der Waals surface area contributed by atoms with E-state index in [-0.39, 0.29) is 12.1 Å². The molecule has 4 rings (SSSR count). The first-order valence-corrected chi connectivity index (χ1v) is 8.44. The fraction of sp³-hybridized carbons (Fsp3) is 0.933. The van der Waals surface area contributed by atoms with Crippen LogP contribution in [0.4, 0.5) is 0 Å². The second-order valence-electron chi connectivity index (χ2n) is 7.44. The van der Waals surface area contributed by atoms with Crippen molar-refractivity contribution in [2.24, 2.45) is 5.16 Å². The average Bonchev–Trinajstić information content (AvgIpc) is 3.23. The summed E-state index contributed by atoms with van der Waals surface area (Å²) in [5.74, 6) is -2.68. The van der Waals surface area contributed by atoms with Gasteiger partial charge >= 0.3 is 0 Å². The maximum Gasteiger partial charge on any atom is 0.271 e. The molecule has 11 heteroatoms. The predicted molar refractivity (Wildman–Crippen MR) is 80.6 cm³/mol. The molecule has 0 bridgehead atoms. The smallest absolute Gasteiger partial charge is 0.271 e. The molecule has 4 aliphatic rings. The Morgan fingerprint density at radius 1 is 1.04 bits per heavy atom. The number of hydrogen-bond acceptors (Lipinski definition) is 11. The Kier molecular flexibility index (Phi) is 4.30. The summed E-state index contributed by atoms with van der Waals surface area (Å²) in [6, 6.07) is 0. The van der Waals surface area contributed by atoms with Crippen LogP contribution in [0.3, 0.4) is 0 Å². The van der Waals surface area contributed by atoms with Crippen molar-refractivity contribution in [3.8, 4) is 0 Å². The Labute approximate surface area is 148 Å². The highest BCUT2D eigenvalue weighted by atomic mass is 16.8. The molecule has 3 fully saturated rings. The fourth-order valence-corrected chi connectivity index (χ4v) is 3.88. The third-order valence-corrected chi connectivity index (χ3v) is 5.14. The third-order valence-electron chi connectivity index (χ3n) is 5.14. The van der Waals surface area contributed by atoms with Crippen LogP contribution >= 0.6 is 0 Å². The molecule has 0 aromatic heterocycles. The van der Waals surface area contributed by atoms with Crippen molar-refractivity contribution in [1.29, 1.82) is 0 Å². The summed E-state index contributed by atoms with van der Waals surface area (Å²) >= 11 is 0. The number of rotatable bonds is 2. The minimum Gasteiger partial charge on any atom is -0.394 e. The largest absolute Gasteiger partial charge is 0.394 e. The second-order valence-corrected chi connectivity index (χ2v) is 7.44. The Balaban J connectivity index is 1.53. The molecule has 148 valence electrons. The van der Waals surface area contributed by atoms with Crippen LogP contribution < -0.4 is 0 Å². The van der Waals surface area contributed by atoms with Crippen LogP contribution in [0.15, 0.2) is 5.16 Å². The minimum absolute atomic E-state index is 0.112. The fourth-order valence-electron chi connectivity index (χ4n) is 3.88. The van der Waals surface area contributed by atoms with Crippen LogP contribution in [-0.4, -0.2) is 98.4 Å². The van der Waals surface area contributed by atoms with Crippen molar-refractivity contribution in [2.75, 3.05) is 6.61 Å². The molecule has 9 atom stereocenters. The van der Waals surface area contributed by atoms with E-state index in [0.29, 0.717) is 0 Å². The van der Waals surface area contributed by atoms with Gasteiger partial charge in [-0.05, 0) is 13.8 Å². The van der Waals surface area contributed by atoms with Gasteiger partial charge in [0.05, 0.1) is 18.7 Å². The summed E-state index contributed by atoms with van der Waals surface area (Å²) in [7, 11) is 0. The van der Waals surface area contributed by atoms with E-state index < -0.39 is 67.2 Å². The summed E-state index contributed by atoms with van der Waals surface area (Å²) in [4.78, 5) is 5.28. The monoisotopic (exact) mass is 377 g/mol. The van der Waals surface area contributed by atoms with Crippen LogP contribution in [0, 0.1) is 0 Å². The van der Waals surface area contributed by atoms with Crippen molar-refractivity contribution in [1.82, 2.24) is 0 Å². The summed E-state index contributed by atoms with van der Waals surface area (Å²) in [6.45, 7) is 2.84. The SMILES string of the molecule is CC1(C)O[C@@H]2[C@H](O1)[C@H](O)O[C@@H]2C1=NO[C@@]2(C1)O[C@H](CO)[C@@H](O)[C@H](O)[C@H]2O. The highest BCUT2D eigenvalue weighted by Gasteiger charge is 2.62. The highest BCUT2D eigenvalue weighted by Crippen LogP contribution is 2.43. The van der Waals surface area contributed by atoms with E-state index in [0.717, 1.165) is 0 Å². The zero-order chi connectivity index (χ0) is 18.9. The number of fused-ring (bicyclic) bond motifs is 1. The molecule has 0 aliphatic carbocycles. The van der Waals surface area contributed by atoms with Crippen molar-refractivity contribution in [2.45, 2.75) is 80.9 Å². The van der Waals surface area contributed by atoms with Crippen molar-refractivity contribution < 1.29 is 49.3 Å². The minimum atomic E-state index is -1.78. The standard InChI is InChI=1S/C15H23NO10/c1-14(2)24-10-9(22-13(21)11(10)25-14)5-3-15(26-16-5)12(20)8(19)7(18)6(4-17)23-15/h6-13,17-21H,3-4H2,1-2H3/t6-,7-,8+,9-,10+,11+,12-,13-,15-/m1/s1. The van der Waals surface area contributed by atoms with Gasteiger partial charge in [0.25, 0.3) is 5.79 Å². The Hall–Kier alpha value is -0.890. The molecule has 0 aromatic rings. The molecule has 4 heterocycles. The summed E-state index contributed by atoms with van der Waals surface area (Å²) in [5.41, 5.74) is 0.289. The first kappa shape index (κ1) is 18.5. The van der Waals surface area contributed by atoms with Gasteiger partial charge < -0.3 is 49.3 Å². The number of hydrogen-bond donors (Lipinski definition) is 5. The lowest BCUT2D eigenvalue weighted by Crippen LogP contribution is -2.65. The first-order valence-electron chi connectivity index (χ1n) is 8.44. The molecule has 4 aliphatic heterocycles. The predicted octanol–water partition coefficient (Wildman–Crippen LogP) is -2.83. The van der Waals surface area contributed by atoms with Crippen molar-refractivity contribution >= 4 is 5.71 Å². The summed E-state index contributed by atoms with van der Waals surface area (Å²) in [6.07, 6.45) is -9.32. The van der Waals surface area contributed by atoms with Gasteiger partial charge in [0.2, 0.25) is 0 Å². The van der Waals surface area contributed by atoms with Gasteiger partial charge in [-0.25, -0.2) is 0 Å². The number of aliphatic hydroxyl groups excluding tert-OH is 5. The molecule has 5 N–H and O–H groups in total. The Morgan fingerprint density at radius 3 is 2.42 bits per heavy atom. The average molecular weight is 377 g/mol. The maximum absolute atomic E-state index is 10.3. The molecule has 3 saturated heterocycles. The first-order chi connectivity index (χ1) is 12.2. The lowest BCUT2D eigenvalue weighted by Gasteiger charge is -2.44. The molecule has 1 spiro atoms. The molecule has 0 amide bonds. The van der Waals surface area contributed by atoms with Gasteiger partial charge in [-0.1, -0.05) is 5.16 Å². The number of aliphatic hydroxyl groups is 5. The Bertz CT molecular complexity index is 597. The molecule has 26 heavy (non-hydrogen) atoms. The number of ether oxygens (including phenoxy) is 4. The lowest BCUT2D eigenvalue weighted by atomic mass is 9.88. The van der Waals surface area contributed by atoms with Gasteiger partial charge in [0, 0.05) is 0 Å². The molecule has 0 radical (unpaired) electrons. The normalized spacial score (nSPS) is 52.8. The molecular formula is C15H23NO10. The summed E-state index contributed by atoms with van der Waals surface area (Å²) in [5, 5.41) is 53.5. The zero-order valence-electron chi connectivity index (χ0n) is 14.3. The van der Waals surface area contributed by atoms with E-state index in [9.17, 15) is 25.5 Å². The number of nitrogens with zero attached hydrogens (tertiary/aromatic N) is 1. The third kappa shape index (κ3) is 2.66. The van der Waals surface area contributed by atoms with Gasteiger partial charge in [-0.3, -0.25) is 0 Å². The summed E-state index contributed by atoms with van der Waals surface area (Å²) < 4.78 is 22.4. The quantitative estimate of drug-likeness (QED) is 0.339.